The molecular formula is C32H56N8O. The predicted molar refractivity (Wildman–Crippen MR) is 167 cm³/mol. The van der Waals surface area contributed by atoms with E-state index in [0.29, 0.717) is 25.2 Å². The van der Waals surface area contributed by atoms with Crippen molar-refractivity contribution in [3.8, 4) is 0 Å². The highest BCUT2D eigenvalue weighted by Gasteiger charge is 2.37. The van der Waals surface area contributed by atoms with Crippen LogP contribution in [0.2, 0.25) is 0 Å². The van der Waals surface area contributed by atoms with E-state index in [1.807, 2.05) is 11.1 Å². The van der Waals surface area contributed by atoms with E-state index < -0.39 is 0 Å². The molecule has 1 unspecified atom stereocenters. The number of likely N-dealkylation sites (tertiary alicyclic amines) is 1. The van der Waals surface area contributed by atoms with E-state index in [0.717, 1.165) is 76.6 Å². The lowest BCUT2D eigenvalue weighted by Gasteiger charge is -2.47. The van der Waals surface area contributed by atoms with Crippen molar-refractivity contribution in [3.05, 3.63) is 12.3 Å². The molecule has 0 aromatic carbocycles. The van der Waals surface area contributed by atoms with E-state index in [2.05, 4.69) is 26.5 Å². The minimum atomic E-state index is -0.0514. The number of hydrogen-bond donors (Lipinski definition) is 3. The Morgan fingerprint density at radius 3 is 2.44 bits per heavy atom. The molecule has 1 aliphatic carbocycles. The molecule has 4 fully saturated rings. The number of nitrogens with one attached hydrogen (secondary N) is 2. The molecule has 5 rings (SSSR count). The summed E-state index contributed by atoms with van der Waals surface area (Å²) >= 11 is 0. The molecule has 9 heteroatoms. The maximum atomic E-state index is 13.5. The summed E-state index contributed by atoms with van der Waals surface area (Å²) in [5, 5.41) is 7.29. The molecule has 3 atom stereocenters. The second-order valence-electron chi connectivity index (χ2n) is 12.9. The van der Waals surface area contributed by atoms with Gasteiger partial charge in [0.2, 0.25) is 11.9 Å². The Morgan fingerprint density at radius 2 is 1.68 bits per heavy atom. The lowest BCUT2D eigenvalue weighted by molar-refractivity contribution is -0.134. The molecule has 41 heavy (non-hydrogen) atoms. The normalized spacial score (nSPS) is 27.1. The van der Waals surface area contributed by atoms with E-state index in [4.69, 9.17) is 15.7 Å². The summed E-state index contributed by atoms with van der Waals surface area (Å²) in [6.07, 6.45) is 21.5. The molecule has 1 aromatic heterocycles. The first-order valence-corrected chi connectivity index (χ1v) is 17.1. The van der Waals surface area contributed by atoms with Gasteiger partial charge in [-0.2, -0.15) is 4.98 Å². The standard InChI is InChI=1S/C32H56N8O/c33-18-25-39(31(41)28-14-7-8-19-34-28)24-17-29-27(15-11-23-40(29)26-12-5-4-6-13-26)36-32-35-20-16-30(37-32)38-21-9-2-1-3-10-22-38/h16,20,26-29,34H,1-15,17-19,21-25,33H2,(H,35,36,37)/t27-,28?,29+/m0/s1. The van der Waals surface area contributed by atoms with Crippen molar-refractivity contribution < 1.29 is 4.79 Å². The van der Waals surface area contributed by atoms with Crippen LogP contribution in [-0.2, 0) is 4.79 Å². The zero-order chi connectivity index (χ0) is 28.3. The highest BCUT2D eigenvalue weighted by atomic mass is 16.2. The van der Waals surface area contributed by atoms with Crippen LogP contribution in [0, 0.1) is 0 Å². The third-order valence-corrected chi connectivity index (χ3v) is 10.0. The van der Waals surface area contributed by atoms with Crippen molar-refractivity contribution in [2.24, 2.45) is 5.73 Å². The smallest absolute Gasteiger partial charge is 0.239 e. The van der Waals surface area contributed by atoms with Gasteiger partial charge in [-0.3, -0.25) is 9.69 Å². The molecule has 0 radical (unpaired) electrons. The van der Waals surface area contributed by atoms with Crippen LogP contribution in [0.25, 0.3) is 0 Å². The van der Waals surface area contributed by atoms with Gasteiger partial charge in [0.15, 0.2) is 0 Å². The highest BCUT2D eigenvalue weighted by Crippen LogP contribution is 2.32. The third-order valence-electron chi connectivity index (χ3n) is 10.0. The number of piperidine rings is 2. The monoisotopic (exact) mass is 568 g/mol. The van der Waals surface area contributed by atoms with Crippen molar-refractivity contribution in [1.29, 1.82) is 0 Å². The van der Waals surface area contributed by atoms with Gasteiger partial charge in [0.1, 0.15) is 5.82 Å². The summed E-state index contributed by atoms with van der Waals surface area (Å²) in [6.45, 7) is 6.15. The molecule has 1 aromatic rings. The summed E-state index contributed by atoms with van der Waals surface area (Å²) in [7, 11) is 0. The van der Waals surface area contributed by atoms with Crippen LogP contribution >= 0.6 is 0 Å². The van der Waals surface area contributed by atoms with Crippen molar-refractivity contribution in [3.63, 3.8) is 0 Å². The zero-order valence-corrected chi connectivity index (χ0v) is 25.4. The van der Waals surface area contributed by atoms with Crippen LogP contribution in [0.3, 0.4) is 0 Å². The van der Waals surface area contributed by atoms with E-state index in [9.17, 15) is 4.79 Å². The van der Waals surface area contributed by atoms with E-state index >= 15 is 0 Å². The van der Waals surface area contributed by atoms with Crippen LogP contribution < -0.4 is 21.3 Å². The minimum Gasteiger partial charge on any atom is -0.356 e. The summed E-state index contributed by atoms with van der Waals surface area (Å²) in [5.74, 6) is 2.05. The van der Waals surface area contributed by atoms with Crippen molar-refractivity contribution in [2.45, 2.75) is 127 Å². The average molecular weight is 569 g/mol. The van der Waals surface area contributed by atoms with Gasteiger partial charge in [0, 0.05) is 57.0 Å². The van der Waals surface area contributed by atoms with Gasteiger partial charge in [-0.1, -0.05) is 44.9 Å². The molecule has 3 saturated heterocycles. The van der Waals surface area contributed by atoms with Crippen LogP contribution in [0.1, 0.15) is 103 Å². The number of aromatic nitrogens is 2. The number of nitrogens with zero attached hydrogens (tertiary/aromatic N) is 5. The maximum absolute atomic E-state index is 13.5. The molecule has 0 spiro atoms. The first-order chi connectivity index (χ1) is 20.2. The molecule has 4 heterocycles. The molecular weight excluding hydrogens is 512 g/mol. The Bertz CT molecular complexity index is 911. The first kappa shape index (κ1) is 30.5. The average Bonchev–Trinajstić information content (AvgIpc) is 3.00. The zero-order valence-electron chi connectivity index (χ0n) is 25.4. The van der Waals surface area contributed by atoms with E-state index in [1.54, 1.807) is 0 Å². The van der Waals surface area contributed by atoms with Gasteiger partial charge >= 0.3 is 0 Å². The summed E-state index contributed by atoms with van der Waals surface area (Å²) in [5.41, 5.74) is 6.02. The second-order valence-corrected chi connectivity index (χ2v) is 12.9. The van der Waals surface area contributed by atoms with E-state index in [1.165, 1.54) is 70.6 Å². The van der Waals surface area contributed by atoms with Gasteiger partial charge < -0.3 is 26.2 Å². The Hall–Kier alpha value is -1.97. The number of anilines is 2. The van der Waals surface area contributed by atoms with Crippen LogP contribution in [0.15, 0.2) is 12.3 Å². The van der Waals surface area contributed by atoms with Gasteiger partial charge in [0.25, 0.3) is 0 Å². The minimum absolute atomic E-state index is 0.0514. The van der Waals surface area contributed by atoms with Crippen LogP contribution in [0.5, 0.6) is 0 Å². The fourth-order valence-corrected chi connectivity index (χ4v) is 7.78. The Labute approximate surface area is 248 Å². The molecule has 1 saturated carbocycles. The molecule has 9 nitrogen and oxygen atoms in total. The number of rotatable bonds is 10. The van der Waals surface area contributed by atoms with Gasteiger partial charge in [-0.05, 0) is 76.9 Å². The fraction of sp³-hybridized carbons (Fsp3) is 0.844. The first-order valence-electron chi connectivity index (χ1n) is 17.1. The SMILES string of the molecule is NCCN(CC[C@@H]1[C@@H](Nc2nccc(N3CCCCCCC3)n2)CCCN1C1CCCCC1)C(=O)C1CCCCN1. The predicted octanol–water partition coefficient (Wildman–Crippen LogP) is 4.14. The maximum Gasteiger partial charge on any atom is 0.239 e. The highest BCUT2D eigenvalue weighted by molar-refractivity contribution is 5.82. The lowest BCUT2D eigenvalue weighted by Crippen LogP contribution is -2.57. The van der Waals surface area contributed by atoms with Crippen LogP contribution in [-0.4, -0.2) is 95.7 Å². The number of nitrogens with two attached hydrogens (primary N) is 1. The molecule has 1 amide bonds. The van der Waals surface area contributed by atoms with Gasteiger partial charge in [-0.25, -0.2) is 4.98 Å². The van der Waals surface area contributed by atoms with Crippen molar-refractivity contribution in [1.82, 2.24) is 25.1 Å². The Morgan fingerprint density at radius 1 is 0.927 bits per heavy atom. The molecule has 4 N–H and O–H groups in total. The fourth-order valence-electron chi connectivity index (χ4n) is 7.78. The molecule has 4 aliphatic rings. The van der Waals surface area contributed by atoms with Gasteiger partial charge in [-0.15, -0.1) is 0 Å². The number of amides is 1. The summed E-state index contributed by atoms with van der Waals surface area (Å²) < 4.78 is 0. The molecule has 230 valence electrons. The van der Waals surface area contributed by atoms with E-state index in [-0.39, 0.29) is 18.0 Å². The second kappa shape index (κ2) is 16.0. The van der Waals surface area contributed by atoms with Crippen LogP contribution in [0.4, 0.5) is 11.8 Å². The number of carbonyl (C=O) groups excluding carboxylic acids is 1. The largest absolute Gasteiger partial charge is 0.356 e. The molecule has 3 aliphatic heterocycles. The van der Waals surface area contributed by atoms with Crippen molar-refractivity contribution >= 4 is 17.7 Å². The lowest BCUT2D eigenvalue weighted by atomic mass is 9.87. The Kier molecular flexibility index (Phi) is 11.9. The molecule has 0 bridgehead atoms. The number of carbonyl (C=O) groups is 1. The topological polar surface area (TPSA) is 103 Å². The third kappa shape index (κ3) is 8.54. The summed E-state index contributed by atoms with van der Waals surface area (Å²) in [6, 6.07) is 3.30. The van der Waals surface area contributed by atoms with Crippen molar-refractivity contribution in [2.75, 3.05) is 56.0 Å². The Balaban J connectivity index is 1.30. The van der Waals surface area contributed by atoms with Gasteiger partial charge in [0.05, 0.1) is 6.04 Å². The number of hydrogen-bond acceptors (Lipinski definition) is 8. The quantitative estimate of drug-likeness (QED) is 0.387. The summed E-state index contributed by atoms with van der Waals surface area (Å²) in [4.78, 5) is 30.5.